The third-order valence-electron chi connectivity index (χ3n) is 3.78. The van der Waals surface area contributed by atoms with Crippen molar-refractivity contribution >= 4 is 0 Å². The Morgan fingerprint density at radius 1 is 1.22 bits per heavy atom. The quantitative estimate of drug-likeness (QED) is 0.843. The smallest absolute Gasteiger partial charge is 0.127 e. The summed E-state index contributed by atoms with van der Waals surface area (Å²) in [6.45, 7) is 7.96. The van der Waals surface area contributed by atoms with Gasteiger partial charge in [0.25, 0.3) is 0 Å². The van der Waals surface area contributed by atoms with Crippen molar-refractivity contribution in [3.8, 4) is 0 Å². The first kappa shape index (κ1) is 15.1. The first-order valence-corrected chi connectivity index (χ1v) is 6.62. The van der Waals surface area contributed by atoms with E-state index in [2.05, 4.69) is 18.7 Å². The van der Waals surface area contributed by atoms with Crippen LogP contribution in [0.1, 0.15) is 32.4 Å². The molecular weight excluding hydrogens is 227 g/mol. The minimum absolute atomic E-state index is 0.0685. The molecule has 1 aromatic carbocycles. The molecule has 0 aromatic heterocycles. The Bertz CT molecular complexity index is 365. The van der Waals surface area contributed by atoms with Gasteiger partial charge in [-0.2, -0.15) is 0 Å². The van der Waals surface area contributed by atoms with Gasteiger partial charge >= 0.3 is 0 Å². The van der Waals surface area contributed by atoms with E-state index in [1.165, 1.54) is 6.07 Å². The molecule has 1 rings (SSSR count). The first-order chi connectivity index (χ1) is 8.47. The monoisotopic (exact) mass is 252 g/mol. The highest BCUT2D eigenvalue weighted by Gasteiger charge is 2.20. The van der Waals surface area contributed by atoms with E-state index >= 15 is 0 Å². The van der Waals surface area contributed by atoms with Crippen molar-refractivity contribution in [2.45, 2.75) is 26.8 Å². The van der Waals surface area contributed by atoms with Crippen molar-refractivity contribution in [2.24, 2.45) is 17.6 Å². The lowest BCUT2D eigenvalue weighted by Gasteiger charge is -2.30. The molecule has 0 bridgehead atoms. The summed E-state index contributed by atoms with van der Waals surface area (Å²) in [6, 6.07) is 7.04. The van der Waals surface area contributed by atoms with Crippen LogP contribution in [-0.2, 0) is 0 Å². The third kappa shape index (κ3) is 3.79. The van der Waals surface area contributed by atoms with Gasteiger partial charge in [-0.25, -0.2) is 4.39 Å². The van der Waals surface area contributed by atoms with Gasteiger partial charge in [-0.05, 0) is 38.4 Å². The minimum atomic E-state index is -0.134. The Labute approximate surface area is 110 Å². The standard InChI is InChI=1S/C15H25FN2/c1-11(2)13(9-17)10-18(4)12(3)14-7-5-6-8-15(14)16/h5-8,11-13H,9-10,17H2,1-4H3. The van der Waals surface area contributed by atoms with Gasteiger partial charge in [0.2, 0.25) is 0 Å². The molecule has 0 saturated heterocycles. The van der Waals surface area contributed by atoms with Crippen LogP contribution >= 0.6 is 0 Å². The van der Waals surface area contributed by atoms with E-state index in [1.54, 1.807) is 6.07 Å². The van der Waals surface area contributed by atoms with E-state index in [0.29, 0.717) is 18.4 Å². The van der Waals surface area contributed by atoms with Gasteiger partial charge < -0.3 is 5.73 Å². The zero-order valence-electron chi connectivity index (χ0n) is 11.9. The van der Waals surface area contributed by atoms with Gasteiger partial charge in [0.05, 0.1) is 0 Å². The second-order valence-electron chi connectivity index (χ2n) is 5.38. The van der Waals surface area contributed by atoms with Gasteiger partial charge in [-0.15, -0.1) is 0 Å². The molecule has 102 valence electrons. The van der Waals surface area contributed by atoms with Gasteiger partial charge in [0.15, 0.2) is 0 Å². The van der Waals surface area contributed by atoms with Crippen molar-refractivity contribution in [3.05, 3.63) is 35.6 Å². The van der Waals surface area contributed by atoms with Crippen molar-refractivity contribution in [3.63, 3.8) is 0 Å². The number of rotatable bonds is 6. The second kappa shape index (κ2) is 6.86. The van der Waals surface area contributed by atoms with Crippen LogP contribution in [0.5, 0.6) is 0 Å². The Hall–Kier alpha value is -0.930. The fourth-order valence-electron chi connectivity index (χ4n) is 2.14. The molecule has 0 aliphatic rings. The van der Waals surface area contributed by atoms with Crippen LogP contribution in [0.15, 0.2) is 24.3 Å². The average Bonchev–Trinajstić information content (AvgIpc) is 2.35. The zero-order valence-corrected chi connectivity index (χ0v) is 11.9. The minimum Gasteiger partial charge on any atom is -0.330 e. The van der Waals surface area contributed by atoms with Crippen LogP contribution in [0, 0.1) is 17.7 Å². The summed E-state index contributed by atoms with van der Waals surface area (Å²) < 4.78 is 13.7. The Balaban J connectivity index is 2.72. The molecule has 1 aromatic rings. The summed E-state index contributed by atoms with van der Waals surface area (Å²) in [6.07, 6.45) is 0. The Morgan fingerprint density at radius 3 is 2.33 bits per heavy atom. The molecule has 18 heavy (non-hydrogen) atoms. The average molecular weight is 252 g/mol. The van der Waals surface area contributed by atoms with E-state index < -0.39 is 0 Å². The van der Waals surface area contributed by atoms with Crippen molar-refractivity contribution < 1.29 is 4.39 Å². The summed E-state index contributed by atoms with van der Waals surface area (Å²) in [5, 5.41) is 0. The van der Waals surface area contributed by atoms with Crippen molar-refractivity contribution in [1.29, 1.82) is 0 Å². The Morgan fingerprint density at radius 2 is 1.83 bits per heavy atom. The molecule has 0 saturated carbocycles. The van der Waals surface area contributed by atoms with E-state index in [-0.39, 0.29) is 11.9 Å². The highest BCUT2D eigenvalue weighted by Crippen LogP contribution is 2.23. The van der Waals surface area contributed by atoms with E-state index in [9.17, 15) is 4.39 Å². The maximum absolute atomic E-state index is 13.7. The fourth-order valence-corrected chi connectivity index (χ4v) is 2.14. The molecule has 3 heteroatoms. The highest BCUT2D eigenvalue weighted by atomic mass is 19.1. The summed E-state index contributed by atoms with van der Waals surface area (Å²) >= 11 is 0. The first-order valence-electron chi connectivity index (χ1n) is 6.62. The largest absolute Gasteiger partial charge is 0.330 e. The number of nitrogens with zero attached hydrogens (tertiary/aromatic N) is 1. The van der Waals surface area contributed by atoms with Crippen LogP contribution in [-0.4, -0.2) is 25.0 Å². The maximum atomic E-state index is 13.7. The fraction of sp³-hybridized carbons (Fsp3) is 0.600. The van der Waals surface area contributed by atoms with Gasteiger partial charge in [-0.1, -0.05) is 32.0 Å². The molecule has 0 heterocycles. The molecule has 0 aliphatic heterocycles. The van der Waals surface area contributed by atoms with E-state index in [4.69, 9.17) is 5.73 Å². The SMILES string of the molecule is CC(C)C(CN)CN(C)C(C)c1ccccc1F. The number of hydrogen-bond donors (Lipinski definition) is 1. The predicted molar refractivity (Wildman–Crippen MR) is 74.8 cm³/mol. The predicted octanol–water partition coefficient (Wildman–Crippen LogP) is 3.05. The highest BCUT2D eigenvalue weighted by molar-refractivity contribution is 5.20. The third-order valence-corrected chi connectivity index (χ3v) is 3.78. The number of nitrogens with two attached hydrogens (primary N) is 1. The van der Waals surface area contributed by atoms with E-state index in [1.807, 2.05) is 26.1 Å². The molecule has 0 spiro atoms. The Kier molecular flexibility index (Phi) is 5.76. The number of hydrogen-bond acceptors (Lipinski definition) is 2. The molecule has 2 N–H and O–H groups in total. The lowest BCUT2D eigenvalue weighted by Crippen LogP contribution is -2.34. The van der Waals surface area contributed by atoms with Crippen LogP contribution in [0.2, 0.25) is 0 Å². The molecule has 2 nitrogen and oxygen atoms in total. The maximum Gasteiger partial charge on any atom is 0.127 e. The molecule has 2 unspecified atom stereocenters. The summed E-state index contributed by atoms with van der Waals surface area (Å²) in [7, 11) is 2.03. The molecule has 2 atom stereocenters. The molecular formula is C15H25FN2. The second-order valence-corrected chi connectivity index (χ2v) is 5.38. The van der Waals surface area contributed by atoms with Gasteiger partial charge in [0.1, 0.15) is 5.82 Å². The van der Waals surface area contributed by atoms with Crippen molar-refractivity contribution in [1.82, 2.24) is 4.90 Å². The number of benzene rings is 1. The van der Waals surface area contributed by atoms with Crippen LogP contribution in [0.25, 0.3) is 0 Å². The van der Waals surface area contributed by atoms with Gasteiger partial charge in [0, 0.05) is 18.2 Å². The molecule has 0 aliphatic carbocycles. The zero-order chi connectivity index (χ0) is 13.7. The number of halogens is 1. The molecule has 0 radical (unpaired) electrons. The summed E-state index contributed by atoms with van der Waals surface area (Å²) in [4.78, 5) is 2.18. The van der Waals surface area contributed by atoms with Crippen LogP contribution in [0.3, 0.4) is 0 Å². The van der Waals surface area contributed by atoms with Crippen LogP contribution in [0.4, 0.5) is 4.39 Å². The van der Waals surface area contributed by atoms with E-state index in [0.717, 1.165) is 12.1 Å². The topological polar surface area (TPSA) is 29.3 Å². The van der Waals surface area contributed by atoms with Crippen molar-refractivity contribution in [2.75, 3.05) is 20.1 Å². The summed E-state index contributed by atoms with van der Waals surface area (Å²) in [5.41, 5.74) is 6.54. The van der Waals surface area contributed by atoms with Crippen LogP contribution < -0.4 is 5.73 Å². The summed E-state index contributed by atoms with van der Waals surface area (Å²) in [5.74, 6) is 0.861. The van der Waals surface area contributed by atoms with Gasteiger partial charge in [-0.3, -0.25) is 4.90 Å². The normalized spacial score (nSPS) is 15.1. The lowest BCUT2D eigenvalue weighted by molar-refractivity contribution is 0.193. The lowest BCUT2D eigenvalue weighted by atomic mass is 9.94. The molecule has 0 amide bonds. The molecule has 0 fully saturated rings.